The quantitative estimate of drug-likeness (QED) is 0.833. The highest BCUT2D eigenvalue weighted by Crippen LogP contribution is 2.18. The van der Waals surface area contributed by atoms with E-state index in [9.17, 15) is 4.79 Å². The minimum atomic E-state index is -0.0520. The third-order valence-corrected chi connectivity index (χ3v) is 2.87. The molecule has 1 rings (SSSR count). The Kier molecular flexibility index (Phi) is 5.65. The maximum absolute atomic E-state index is 11.8. The highest BCUT2D eigenvalue weighted by atomic mass is 16.5. The first-order valence-electron chi connectivity index (χ1n) is 6.13. The van der Waals surface area contributed by atoms with Crippen LogP contribution >= 0.6 is 0 Å². The number of nitrogens with zero attached hydrogens (tertiary/aromatic N) is 1. The fraction of sp³-hybridized carbons (Fsp3) is 0.500. The monoisotopic (exact) mass is 251 g/mol. The molecule has 0 aliphatic rings. The fourth-order valence-corrected chi connectivity index (χ4v) is 1.50. The summed E-state index contributed by atoms with van der Waals surface area (Å²) < 4.78 is 5.52. The van der Waals surface area contributed by atoms with Crippen LogP contribution in [0.4, 0.5) is 0 Å². The molecule has 0 atom stereocenters. The Morgan fingerprint density at radius 1 is 1.39 bits per heavy atom. The van der Waals surface area contributed by atoms with Crippen molar-refractivity contribution in [2.24, 2.45) is 0 Å². The summed E-state index contributed by atoms with van der Waals surface area (Å²) in [6.07, 6.45) is 0.532. The third-order valence-electron chi connectivity index (χ3n) is 2.87. The van der Waals surface area contributed by atoms with Crippen LogP contribution in [0.15, 0.2) is 24.3 Å². The van der Waals surface area contributed by atoms with Crippen LogP contribution in [0.3, 0.4) is 0 Å². The van der Waals surface area contributed by atoms with Gasteiger partial charge in [-0.05, 0) is 31.9 Å². The average Bonchev–Trinajstić information content (AvgIpc) is 2.36. The first-order valence-corrected chi connectivity index (χ1v) is 6.13. The van der Waals surface area contributed by atoms with Crippen molar-refractivity contribution in [1.29, 1.82) is 0 Å². The van der Waals surface area contributed by atoms with Crippen LogP contribution in [0.25, 0.3) is 0 Å². The van der Waals surface area contributed by atoms with Crippen LogP contribution in [0.5, 0.6) is 5.75 Å². The highest BCUT2D eigenvalue weighted by molar-refractivity contribution is 5.77. The summed E-state index contributed by atoms with van der Waals surface area (Å²) in [5.74, 6) is 0.612. The topological polar surface area (TPSA) is 49.8 Å². The zero-order valence-electron chi connectivity index (χ0n) is 11.2. The Bertz CT molecular complexity index is 390. The number of carbonyl (C=O) groups is 1. The molecule has 0 heterocycles. The van der Waals surface area contributed by atoms with Gasteiger partial charge in [0.2, 0.25) is 0 Å². The molecule has 0 aromatic heterocycles. The molecule has 1 amide bonds. The van der Waals surface area contributed by atoms with Crippen LogP contribution in [0.2, 0.25) is 0 Å². The number of amides is 1. The van der Waals surface area contributed by atoms with Gasteiger partial charge in [0.1, 0.15) is 5.75 Å². The van der Waals surface area contributed by atoms with E-state index in [0.717, 1.165) is 5.56 Å². The van der Waals surface area contributed by atoms with E-state index in [2.05, 4.69) is 0 Å². The van der Waals surface area contributed by atoms with E-state index in [1.54, 1.807) is 11.9 Å². The molecule has 18 heavy (non-hydrogen) atoms. The average molecular weight is 251 g/mol. The molecule has 0 radical (unpaired) electrons. The van der Waals surface area contributed by atoms with Crippen LogP contribution in [0, 0.1) is 0 Å². The maximum atomic E-state index is 11.8. The molecule has 1 N–H and O–H groups in total. The SMILES string of the molecule is CC(C)N(C)C(=O)COc1ccccc1CCO. The zero-order valence-corrected chi connectivity index (χ0v) is 11.2. The molecular formula is C14H21NO3. The smallest absolute Gasteiger partial charge is 0.260 e. The van der Waals surface area contributed by atoms with E-state index in [1.165, 1.54) is 0 Å². The second-order valence-corrected chi connectivity index (χ2v) is 4.47. The van der Waals surface area contributed by atoms with Crippen LogP contribution in [-0.2, 0) is 11.2 Å². The minimum Gasteiger partial charge on any atom is -0.483 e. The molecule has 1 aromatic carbocycles. The van der Waals surface area contributed by atoms with E-state index >= 15 is 0 Å². The van der Waals surface area contributed by atoms with Crippen molar-refractivity contribution >= 4 is 5.91 Å². The number of para-hydroxylation sites is 1. The van der Waals surface area contributed by atoms with Crippen molar-refractivity contribution in [3.63, 3.8) is 0 Å². The molecule has 1 aromatic rings. The zero-order chi connectivity index (χ0) is 13.5. The Morgan fingerprint density at radius 2 is 2.06 bits per heavy atom. The van der Waals surface area contributed by atoms with Crippen LogP contribution in [0.1, 0.15) is 19.4 Å². The first kappa shape index (κ1) is 14.5. The van der Waals surface area contributed by atoms with Crippen molar-refractivity contribution in [1.82, 2.24) is 4.90 Å². The van der Waals surface area contributed by atoms with Gasteiger partial charge in [0.05, 0.1) is 0 Å². The first-order chi connectivity index (χ1) is 8.56. The van der Waals surface area contributed by atoms with E-state index in [0.29, 0.717) is 12.2 Å². The van der Waals surface area contributed by atoms with Gasteiger partial charge < -0.3 is 14.7 Å². The number of aliphatic hydroxyl groups is 1. The second kappa shape index (κ2) is 7.01. The molecule has 0 spiro atoms. The molecule has 0 unspecified atom stereocenters. The summed E-state index contributed by atoms with van der Waals surface area (Å²) in [4.78, 5) is 13.4. The van der Waals surface area contributed by atoms with Gasteiger partial charge in [0, 0.05) is 19.7 Å². The molecule has 0 aliphatic carbocycles. The third kappa shape index (κ3) is 4.04. The van der Waals surface area contributed by atoms with Gasteiger partial charge in [-0.25, -0.2) is 0 Å². The Labute approximate surface area is 108 Å². The van der Waals surface area contributed by atoms with Gasteiger partial charge in [-0.2, -0.15) is 0 Å². The molecule has 100 valence electrons. The van der Waals surface area contributed by atoms with Gasteiger partial charge in [-0.15, -0.1) is 0 Å². The summed E-state index contributed by atoms with van der Waals surface area (Å²) in [7, 11) is 1.76. The fourth-order valence-electron chi connectivity index (χ4n) is 1.50. The molecule has 0 bridgehead atoms. The summed E-state index contributed by atoms with van der Waals surface area (Å²) >= 11 is 0. The van der Waals surface area contributed by atoms with Crippen molar-refractivity contribution in [2.45, 2.75) is 26.3 Å². The molecule has 0 saturated carbocycles. The lowest BCUT2D eigenvalue weighted by Gasteiger charge is -2.21. The van der Waals surface area contributed by atoms with E-state index < -0.39 is 0 Å². The second-order valence-electron chi connectivity index (χ2n) is 4.47. The van der Waals surface area contributed by atoms with Crippen LogP contribution in [-0.4, -0.2) is 42.2 Å². The lowest BCUT2D eigenvalue weighted by Crippen LogP contribution is -2.36. The number of ether oxygens (including phenoxy) is 1. The summed E-state index contributed by atoms with van der Waals surface area (Å²) in [6.45, 7) is 4.01. The van der Waals surface area contributed by atoms with E-state index in [1.807, 2.05) is 38.1 Å². The number of hydrogen-bond donors (Lipinski definition) is 1. The number of hydrogen-bond acceptors (Lipinski definition) is 3. The Balaban J connectivity index is 2.60. The lowest BCUT2D eigenvalue weighted by atomic mass is 10.1. The molecule has 4 nitrogen and oxygen atoms in total. The van der Waals surface area contributed by atoms with E-state index in [-0.39, 0.29) is 25.2 Å². The standard InChI is InChI=1S/C14H21NO3/c1-11(2)15(3)14(17)10-18-13-7-5-4-6-12(13)8-9-16/h4-7,11,16H,8-10H2,1-3H3. The van der Waals surface area contributed by atoms with Crippen molar-refractivity contribution in [2.75, 3.05) is 20.3 Å². The van der Waals surface area contributed by atoms with Crippen molar-refractivity contribution in [3.8, 4) is 5.75 Å². The van der Waals surface area contributed by atoms with Crippen molar-refractivity contribution < 1.29 is 14.6 Å². The van der Waals surface area contributed by atoms with Gasteiger partial charge in [-0.3, -0.25) is 4.79 Å². The van der Waals surface area contributed by atoms with Gasteiger partial charge in [0.25, 0.3) is 5.91 Å². The number of aliphatic hydroxyl groups excluding tert-OH is 1. The molecular weight excluding hydrogens is 230 g/mol. The summed E-state index contributed by atoms with van der Waals surface area (Å²) in [6, 6.07) is 7.61. The van der Waals surface area contributed by atoms with Gasteiger partial charge >= 0.3 is 0 Å². The Morgan fingerprint density at radius 3 is 2.67 bits per heavy atom. The molecule has 0 fully saturated rings. The van der Waals surface area contributed by atoms with Crippen LogP contribution < -0.4 is 4.74 Å². The Hall–Kier alpha value is -1.55. The summed E-state index contributed by atoms with van der Waals surface area (Å²) in [5.41, 5.74) is 0.917. The number of carbonyl (C=O) groups excluding carboxylic acids is 1. The van der Waals surface area contributed by atoms with Gasteiger partial charge in [-0.1, -0.05) is 18.2 Å². The molecule has 4 heteroatoms. The number of benzene rings is 1. The van der Waals surface area contributed by atoms with Gasteiger partial charge in [0.15, 0.2) is 6.61 Å². The highest BCUT2D eigenvalue weighted by Gasteiger charge is 2.13. The predicted molar refractivity (Wildman–Crippen MR) is 70.6 cm³/mol. The number of likely N-dealkylation sites (N-methyl/N-ethyl adjacent to an activating group) is 1. The largest absolute Gasteiger partial charge is 0.483 e. The molecule has 0 saturated heterocycles. The lowest BCUT2D eigenvalue weighted by molar-refractivity contribution is -0.133. The number of rotatable bonds is 6. The maximum Gasteiger partial charge on any atom is 0.260 e. The van der Waals surface area contributed by atoms with Crippen molar-refractivity contribution in [3.05, 3.63) is 29.8 Å². The predicted octanol–water partition coefficient (Wildman–Crippen LogP) is 1.47. The minimum absolute atomic E-state index is 0.0249. The summed E-state index contributed by atoms with van der Waals surface area (Å²) in [5, 5.41) is 8.95. The normalized spacial score (nSPS) is 10.5. The molecule has 0 aliphatic heterocycles. The van der Waals surface area contributed by atoms with E-state index in [4.69, 9.17) is 9.84 Å².